The molecule has 25 heavy (non-hydrogen) atoms. The Balaban J connectivity index is 1.36. The zero-order chi connectivity index (χ0) is 16.9. The first-order valence-corrected chi connectivity index (χ1v) is 9.51. The lowest BCUT2D eigenvalue weighted by Crippen LogP contribution is -2.44. The van der Waals surface area contributed by atoms with E-state index in [0.29, 0.717) is 6.61 Å². The molecule has 3 aromatic rings. The summed E-state index contributed by atoms with van der Waals surface area (Å²) in [7, 11) is 1.96. The van der Waals surface area contributed by atoms with E-state index in [1.807, 2.05) is 24.1 Å². The van der Waals surface area contributed by atoms with Gasteiger partial charge in [-0.1, -0.05) is 6.07 Å². The van der Waals surface area contributed by atoms with Crippen molar-refractivity contribution in [3.8, 4) is 10.6 Å². The Kier molecular flexibility index (Phi) is 3.55. The fraction of sp³-hybridized carbons (Fsp3) is 0.444. The minimum atomic E-state index is -0.0953. The smallest absolute Gasteiger partial charge is 0.135 e. The first-order chi connectivity index (χ1) is 12.2. The minimum Gasteiger partial charge on any atom is -0.364 e. The van der Waals surface area contributed by atoms with Crippen LogP contribution in [0.15, 0.2) is 36.1 Å². The quantitative estimate of drug-likeness (QED) is 0.724. The van der Waals surface area contributed by atoms with Gasteiger partial charge in [-0.2, -0.15) is 5.10 Å². The number of thiophene rings is 1. The van der Waals surface area contributed by atoms with Crippen LogP contribution in [0.25, 0.3) is 10.6 Å². The van der Waals surface area contributed by atoms with Crippen molar-refractivity contribution in [3.63, 3.8) is 0 Å². The van der Waals surface area contributed by atoms with Gasteiger partial charge in [-0.15, -0.1) is 11.3 Å². The Morgan fingerprint density at radius 3 is 3.08 bits per heavy atom. The van der Waals surface area contributed by atoms with E-state index in [2.05, 4.69) is 43.3 Å². The summed E-state index contributed by atoms with van der Waals surface area (Å²) >= 11 is 1.77. The second-order valence-electron chi connectivity index (χ2n) is 7.08. The van der Waals surface area contributed by atoms with Gasteiger partial charge in [-0.05, 0) is 17.9 Å². The number of fused-ring (bicyclic) bond motifs is 1. The average Bonchev–Trinajstić information content (AvgIpc) is 3.36. The maximum absolute atomic E-state index is 6.31. The number of rotatable bonds is 3. The lowest BCUT2D eigenvalue weighted by molar-refractivity contribution is -0.0821. The van der Waals surface area contributed by atoms with Crippen LogP contribution in [0, 0.1) is 0 Å². The predicted octanol–water partition coefficient (Wildman–Crippen LogP) is 2.52. The van der Waals surface area contributed by atoms with E-state index >= 15 is 0 Å². The second kappa shape index (κ2) is 5.79. The number of hydrogen-bond donors (Lipinski definition) is 0. The Morgan fingerprint density at radius 2 is 2.28 bits per heavy atom. The molecule has 0 aromatic carbocycles. The molecule has 0 radical (unpaired) electrons. The standard InChI is InChI=1S/C18H21N5OS/c1-21-9-14(7-20-21)10-22-5-4-18(12-22)13-23-15(16-3-2-6-25-16)8-19-17(23)11-24-18/h2-3,6-9H,4-5,10-13H2,1H3. The highest BCUT2D eigenvalue weighted by Gasteiger charge is 2.43. The van der Waals surface area contributed by atoms with Crippen LogP contribution in [-0.4, -0.2) is 42.9 Å². The van der Waals surface area contributed by atoms with Crippen LogP contribution in [0.1, 0.15) is 17.8 Å². The fourth-order valence-electron chi connectivity index (χ4n) is 4.00. The molecule has 7 heteroatoms. The van der Waals surface area contributed by atoms with Crippen LogP contribution in [0.5, 0.6) is 0 Å². The Hall–Kier alpha value is -1.96. The molecular formula is C18H21N5OS. The summed E-state index contributed by atoms with van der Waals surface area (Å²) in [4.78, 5) is 8.33. The molecule has 0 bridgehead atoms. The molecule has 1 atom stereocenters. The molecule has 1 unspecified atom stereocenters. The van der Waals surface area contributed by atoms with Gasteiger partial charge >= 0.3 is 0 Å². The van der Waals surface area contributed by atoms with Crippen LogP contribution >= 0.6 is 11.3 Å². The number of likely N-dealkylation sites (tertiary alicyclic amines) is 1. The molecule has 3 aromatic heterocycles. The molecule has 2 aliphatic heterocycles. The van der Waals surface area contributed by atoms with Crippen LogP contribution in [0.3, 0.4) is 0 Å². The molecule has 1 spiro atoms. The van der Waals surface area contributed by atoms with Crippen molar-refractivity contribution in [2.24, 2.45) is 7.05 Å². The average molecular weight is 355 g/mol. The molecule has 0 aliphatic carbocycles. The van der Waals surface area contributed by atoms with Gasteiger partial charge in [0.1, 0.15) is 18.0 Å². The number of aromatic nitrogens is 4. The molecule has 5 rings (SSSR count). The van der Waals surface area contributed by atoms with Crippen molar-refractivity contribution >= 4 is 11.3 Å². The maximum atomic E-state index is 6.31. The number of ether oxygens (including phenoxy) is 1. The van der Waals surface area contributed by atoms with E-state index in [1.165, 1.54) is 16.1 Å². The van der Waals surface area contributed by atoms with Gasteiger partial charge in [0.15, 0.2) is 0 Å². The van der Waals surface area contributed by atoms with Gasteiger partial charge in [0.05, 0.1) is 29.5 Å². The third-order valence-corrected chi connectivity index (χ3v) is 6.12. The van der Waals surface area contributed by atoms with E-state index < -0.39 is 0 Å². The monoisotopic (exact) mass is 355 g/mol. The van der Waals surface area contributed by atoms with Crippen LogP contribution in [0.2, 0.25) is 0 Å². The molecule has 5 heterocycles. The highest BCUT2D eigenvalue weighted by atomic mass is 32.1. The largest absolute Gasteiger partial charge is 0.364 e. The molecule has 130 valence electrons. The molecule has 2 aliphatic rings. The zero-order valence-corrected chi connectivity index (χ0v) is 15.1. The number of aryl methyl sites for hydroxylation is 1. The van der Waals surface area contributed by atoms with Crippen LogP contribution in [0.4, 0.5) is 0 Å². The molecule has 6 nitrogen and oxygen atoms in total. The second-order valence-corrected chi connectivity index (χ2v) is 8.03. The van der Waals surface area contributed by atoms with E-state index in [1.54, 1.807) is 11.3 Å². The third kappa shape index (κ3) is 2.72. The van der Waals surface area contributed by atoms with Crippen molar-refractivity contribution in [1.82, 2.24) is 24.2 Å². The highest BCUT2D eigenvalue weighted by molar-refractivity contribution is 7.13. The van der Waals surface area contributed by atoms with Crippen LogP contribution in [-0.2, 0) is 31.5 Å². The Labute approximate surface area is 150 Å². The number of imidazole rings is 1. The lowest BCUT2D eigenvalue weighted by atomic mass is 10.0. The van der Waals surface area contributed by atoms with Crippen molar-refractivity contribution in [3.05, 3.63) is 47.5 Å². The summed E-state index contributed by atoms with van der Waals surface area (Å²) in [5, 5.41) is 6.39. The first kappa shape index (κ1) is 15.3. The molecule has 0 N–H and O–H groups in total. The highest BCUT2D eigenvalue weighted by Crippen LogP contribution is 2.36. The van der Waals surface area contributed by atoms with Crippen LogP contribution < -0.4 is 0 Å². The fourth-order valence-corrected chi connectivity index (χ4v) is 4.74. The van der Waals surface area contributed by atoms with Gasteiger partial charge in [-0.25, -0.2) is 4.98 Å². The zero-order valence-electron chi connectivity index (χ0n) is 14.3. The minimum absolute atomic E-state index is 0.0953. The van der Waals surface area contributed by atoms with E-state index in [0.717, 1.165) is 38.4 Å². The first-order valence-electron chi connectivity index (χ1n) is 8.63. The van der Waals surface area contributed by atoms with Gasteiger partial charge in [-0.3, -0.25) is 9.58 Å². The molecule has 0 saturated carbocycles. The number of hydrogen-bond acceptors (Lipinski definition) is 5. The Bertz CT molecular complexity index is 883. The van der Waals surface area contributed by atoms with E-state index in [-0.39, 0.29) is 5.60 Å². The van der Waals surface area contributed by atoms with E-state index in [9.17, 15) is 0 Å². The van der Waals surface area contributed by atoms with Gasteiger partial charge < -0.3 is 9.30 Å². The summed E-state index contributed by atoms with van der Waals surface area (Å²) in [6, 6.07) is 4.26. The van der Waals surface area contributed by atoms with Crippen molar-refractivity contribution in [2.75, 3.05) is 13.1 Å². The van der Waals surface area contributed by atoms with Crippen molar-refractivity contribution in [1.29, 1.82) is 0 Å². The molecule has 0 amide bonds. The summed E-state index contributed by atoms with van der Waals surface area (Å²) < 4.78 is 10.5. The SMILES string of the molecule is Cn1cc(CN2CCC3(C2)Cn2c(-c4cccs4)cnc2CO3)cn1. The summed E-state index contributed by atoms with van der Waals surface area (Å²) in [6.45, 7) is 4.45. The van der Waals surface area contributed by atoms with Gasteiger partial charge in [0.25, 0.3) is 0 Å². The summed E-state index contributed by atoms with van der Waals surface area (Å²) in [5.41, 5.74) is 2.39. The van der Waals surface area contributed by atoms with E-state index in [4.69, 9.17) is 4.74 Å². The third-order valence-electron chi connectivity index (χ3n) is 5.23. The molecule has 1 fully saturated rings. The van der Waals surface area contributed by atoms with Gasteiger partial charge in [0, 0.05) is 38.4 Å². The maximum Gasteiger partial charge on any atom is 0.135 e. The normalized spacial score (nSPS) is 23.4. The predicted molar refractivity (Wildman–Crippen MR) is 96.2 cm³/mol. The number of nitrogens with zero attached hydrogens (tertiary/aromatic N) is 5. The molecular weight excluding hydrogens is 334 g/mol. The van der Waals surface area contributed by atoms with Gasteiger partial charge in [0.2, 0.25) is 0 Å². The topological polar surface area (TPSA) is 48.1 Å². The summed E-state index contributed by atoms with van der Waals surface area (Å²) in [5.74, 6) is 1.04. The Morgan fingerprint density at radius 1 is 1.32 bits per heavy atom. The van der Waals surface area contributed by atoms with Crippen molar-refractivity contribution < 1.29 is 4.74 Å². The molecule has 1 saturated heterocycles. The van der Waals surface area contributed by atoms with Crippen molar-refractivity contribution in [2.45, 2.75) is 31.7 Å². The summed E-state index contributed by atoms with van der Waals surface area (Å²) in [6.07, 6.45) is 7.10. The lowest BCUT2D eigenvalue weighted by Gasteiger charge is -2.35.